The van der Waals surface area contributed by atoms with Crippen LogP contribution in [0.15, 0.2) is 0 Å². The Labute approximate surface area is 89.8 Å². The molecule has 0 aromatic heterocycles. The summed E-state index contributed by atoms with van der Waals surface area (Å²) in [5.74, 6) is 0.0209. The topological polar surface area (TPSA) is 36.9 Å². The van der Waals surface area contributed by atoms with E-state index in [0.29, 0.717) is 5.92 Å². The van der Waals surface area contributed by atoms with Crippen LogP contribution in [0.1, 0.15) is 26.7 Å². The van der Waals surface area contributed by atoms with Crippen molar-refractivity contribution in [3.63, 3.8) is 0 Å². The molecular weight excluding hydrogens is 196 g/mol. The summed E-state index contributed by atoms with van der Waals surface area (Å²) in [6.07, 6.45) is 2.51. The van der Waals surface area contributed by atoms with Crippen LogP contribution in [0.4, 0.5) is 0 Å². The monoisotopic (exact) mass is 214 g/mol. The van der Waals surface area contributed by atoms with Gasteiger partial charge in [0.1, 0.15) is 0 Å². The van der Waals surface area contributed by atoms with Crippen molar-refractivity contribution >= 4 is 0 Å². The number of hydrogen-bond donors (Lipinski definition) is 0. The summed E-state index contributed by atoms with van der Waals surface area (Å²) in [5.41, 5.74) is 0. The lowest BCUT2D eigenvalue weighted by Gasteiger charge is -2.21. The maximum Gasteiger partial charge on any atom is 0.163 e. The lowest BCUT2D eigenvalue weighted by Crippen LogP contribution is -2.27. The van der Waals surface area contributed by atoms with Crippen LogP contribution < -0.4 is 0 Å². The van der Waals surface area contributed by atoms with E-state index < -0.39 is 5.79 Å². The van der Waals surface area contributed by atoms with Gasteiger partial charge in [0.15, 0.2) is 12.1 Å². The first kappa shape index (κ1) is 10.0. The molecule has 4 nitrogen and oxygen atoms in total. The minimum absolute atomic E-state index is 0.0479. The number of ether oxygens (including phenoxy) is 4. The van der Waals surface area contributed by atoms with Crippen LogP contribution in [0.5, 0.6) is 0 Å². The first-order valence-corrected chi connectivity index (χ1v) is 5.63. The first-order chi connectivity index (χ1) is 7.09. The van der Waals surface area contributed by atoms with Crippen molar-refractivity contribution in [2.45, 2.75) is 57.1 Å². The third kappa shape index (κ3) is 1.51. The third-order valence-electron chi connectivity index (χ3n) is 3.64. The summed E-state index contributed by atoms with van der Waals surface area (Å²) in [5, 5.41) is 0. The second kappa shape index (κ2) is 3.17. The fourth-order valence-corrected chi connectivity index (χ4v) is 3.09. The zero-order chi connectivity index (χ0) is 10.6. The Hall–Kier alpha value is -0.160. The van der Waals surface area contributed by atoms with Crippen LogP contribution in [0, 0.1) is 5.92 Å². The van der Waals surface area contributed by atoms with Crippen LogP contribution in [-0.4, -0.2) is 37.5 Å². The van der Waals surface area contributed by atoms with Gasteiger partial charge in [-0.15, -0.1) is 0 Å². The summed E-state index contributed by atoms with van der Waals surface area (Å²) in [7, 11) is 1.69. The maximum absolute atomic E-state index is 5.92. The van der Waals surface area contributed by atoms with E-state index in [1.165, 1.54) is 0 Å². The molecule has 2 aliphatic heterocycles. The van der Waals surface area contributed by atoms with Crippen LogP contribution in [-0.2, 0) is 18.9 Å². The number of methoxy groups -OCH3 is 1. The number of hydrogen-bond acceptors (Lipinski definition) is 4. The van der Waals surface area contributed by atoms with Crippen LogP contribution in [0.3, 0.4) is 0 Å². The summed E-state index contributed by atoms with van der Waals surface area (Å²) in [6.45, 7) is 3.95. The van der Waals surface area contributed by atoms with E-state index in [4.69, 9.17) is 18.9 Å². The maximum atomic E-state index is 5.92. The Bertz CT molecular complexity index is 265. The quantitative estimate of drug-likeness (QED) is 0.659. The molecule has 2 heterocycles. The summed E-state index contributed by atoms with van der Waals surface area (Å²) in [6, 6.07) is 0. The van der Waals surface area contributed by atoms with Crippen molar-refractivity contribution in [2.24, 2.45) is 5.92 Å². The summed E-state index contributed by atoms with van der Waals surface area (Å²) < 4.78 is 22.7. The number of fused-ring (bicyclic) bond motifs is 3. The van der Waals surface area contributed by atoms with Crippen molar-refractivity contribution in [1.82, 2.24) is 0 Å². The highest BCUT2D eigenvalue weighted by molar-refractivity contribution is 5.01. The molecule has 0 aromatic rings. The molecular formula is C11H18O4. The molecule has 4 heteroatoms. The minimum Gasteiger partial charge on any atom is -0.356 e. The lowest BCUT2D eigenvalue weighted by molar-refractivity contribution is -0.166. The minimum atomic E-state index is -0.425. The van der Waals surface area contributed by atoms with Crippen molar-refractivity contribution in [3.05, 3.63) is 0 Å². The van der Waals surface area contributed by atoms with E-state index in [1.807, 2.05) is 13.8 Å². The molecule has 0 unspecified atom stereocenters. The Kier molecular flexibility index (Phi) is 2.12. The Morgan fingerprint density at radius 3 is 2.67 bits per heavy atom. The molecule has 3 rings (SSSR count). The molecule has 0 aromatic carbocycles. The summed E-state index contributed by atoms with van der Waals surface area (Å²) >= 11 is 0. The standard InChI is InChI=1S/C11H18O4/c1-11(2)14-8-5-7-6(10(8)15-11)4-9(12-3)13-7/h6-10H,4-5H2,1-3H3/t6-,7-,8-,9+,10+/m0/s1. The van der Waals surface area contributed by atoms with Gasteiger partial charge in [-0.3, -0.25) is 0 Å². The molecule has 0 radical (unpaired) electrons. The van der Waals surface area contributed by atoms with Crippen LogP contribution in [0.2, 0.25) is 0 Å². The van der Waals surface area contributed by atoms with E-state index >= 15 is 0 Å². The van der Waals surface area contributed by atoms with Crippen molar-refractivity contribution in [3.8, 4) is 0 Å². The molecule has 0 amide bonds. The smallest absolute Gasteiger partial charge is 0.163 e. The summed E-state index contributed by atoms with van der Waals surface area (Å²) in [4.78, 5) is 0. The molecule has 1 aliphatic carbocycles. The van der Waals surface area contributed by atoms with Gasteiger partial charge >= 0.3 is 0 Å². The van der Waals surface area contributed by atoms with Gasteiger partial charge in [0.2, 0.25) is 0 Å². The van der Waals surface area contributed by atoms with Gasteiger partial charge in [-0.25, -0.2) is 0 Å². The number of rotatable bonds is 1. The van der Waals surface area contributed by atoms with Gasteiger partial charge in [-0.05, 0) is 13.8 Å². The highest BCUT2D eigenvalue weighted by Gasteiger charge is 2.57. The van der Waals surface area contributed by atoms with E-state index in [9.17, 15) is 0 Å². The van der Waals surface area contributed by atoms with Gasteiger partial charge in [0.25, 0.3) is 0 Å². The molecule has 2 saturated heterocycles. The first-order valence-electron chi connectivity index (χ1n) is 5.63. The van der Waals surface area contributed by atoms with Crippen LogP contribution >= 0.6 is 0 Å². The van der Waals surface area contributed by atoms with Gasteiger partial charge < -0.3 is 18.9 Å². The molecule has 3 aliphatic rings. The second-order valence-corrected chi connectivity index (χ2v) is 5.11. The third-order valence-corrected chi connectivity index (χ3v) is 3.64. The Balaban J connectivity index is 1.73. The van der Waals surface area contributed by atoms with Gasteiger partial charge in [-0.2, -0.15) is 0 Å². The predicted molar refractivity (Wildman–Crippen MR) is 52.2 cm³/mol. The van der Waals surface area contributed by atoms with Gasteiger partial charge in [0, 0.05) is 25.9 Å². The Morgan fingerprint density at radius 1 is 1.13 bits per heavy atom. The van der Waals surface area contributed by atoms with Gasteiger partial charge in [-0.1, -0.05) is 0 Å². The Morgan fingerprint density at radius 2 is 1.93 bits per heavy atom. The molecule has 0 bridgehead atoms. The van der Waals surface area contributed by atoms with E-state index in [2.05, 4.69) is 0 Å². The molecule has 0 N–H and O–H groups in total. The average molecular weight is 214 g/mol. The molecule has 3 fully saturated rings. The fraction of sp³-hybridized carbons (Fsp3) is 1.00. The van der Waals surface area contributed by atoms with Crippen molar-refractivity contribution in [2.75, 3.05) is 7.11 Å². The molecule has 86 valence electrons. The largest absolute Gasteiger partial charge is 0.356 e. The molecule has 5 atom stereocenters. The fourth-order valence-electron chi connectivity index (χ4n) is 3.09. The van der Waals surface area contributed by atoms with E-state index in [-0.39, 0.29) is 24.6 Å². The van der Waals surface area contributed by atoms with E-state index in [1.54, 1.807) is 7.11 Å². The molecule has 1 saturated carbocycles. The SMILES string of the molecule is CO[C@H]1C[C@@H]2[C@H]3OC(C)(C)O[C@H]3C[C@@H]2O1. The van der Waals surface area contributed by atoms with Crippen molar-refractivity contribution < 1.29 is 18.9 Å². The predicted octanol–water partition coefficient (Wildman–Crippen LogP) is 1.29. The normalized spacial score (nSPS) is 51.8. The zero-order valence-corrected chi connectivity index (χ0v) is 9.43. The van der Waals surface area contributed by atoms with E-state index in [0.717, 1.165) is 12.8 Å². The average Bonchev–Trinajstić information content (AvgIpc) is 2.72. The highest BCUT2D eigenvalue weighted by atomic mass is 16.8. The van der Waals surface area contributed by atoms with Gasteiger partial charge in [0.05, 0.1) is 18.3 Å². The highest BCUT2D eigenvalue weighted by Crippen LogP contribution is 2.48. The van der Waals surface area contributed by atoms with Crippen molar-refractivity contribution in [1.29, 1.82) is 0 Å². The second-order valence-electron chi connectivity index (χ2n) is 5.11. The van der Waals surface area contributed by atoms with Crippen LogP contribution in [0.25, 0.3) is 0 Å². The zero-order valence-electron chi connectivity index (χ0n) is 9.43. The molecule has 0 spiro atoms. The molecule has 15 heavy (non-hydrogen) atoms. The lowest BCUT2D eigenvalue weighted by atomic mass is 10.0.